The van der Waals surface area contributed by atoms with E-state index in [-0.39, 0.29) is 21.3 Å². The molecule has 21 heavy (non-hydrogen) atoms. The van der Waals surface area contributed by atoms with Crippen LogP contribution in [0.25, 0.3) is 0 Å². The highest BCUT2D eigenvalue weighted by molar-refractivity contribution is 7.93. The molecule has 4 N–H and O–H groups in total. The second-order valence-electron chi connectivity index (χ2n) is 4.33. The average molecular weight is 327 g/mol. The summed E-state index contributed by atoms with van der Waals surface area (Å²) in [7, 11) is -4.05. The van der Waals surface area contributed by atoms with Crippen molar-refractivity contribution in [3.8, 4) is 0 Å². The standard InChI is InChI=1S/C12H13N3O4S2/c1-6-7(2)20-12(14-6)15-21(18,19)10-4-3-8(13)5-9(10)11(16)17/h3-5H,13H2,1-2H3,(H,14,15)(H,16,17). The first-order valence-corrected chi connectivity index (χ1v) is 8.10. The van der Waals surface area contributed by atoms with Crippen molar-refractivity contribution in [1.82, 2.24) is 4.98 Å². The fourth-order valence-corrected chi connectivity index (χ4v) is 3.87. The molecule has 0 amide bonds. The smallest absolute Gasteiger partial charge is 0.337 e. The fourth-order valence-electron chi connectivity index (χ4n) is 1.64. The Morgan fingerprint density at radius 1 is 1.38 bits per heavy atom. The van der Waals surface area contributed by atoms with Crippen LogP contribution in [0.5, 0.6) is 0 Å². The number of benzene rings is 1. The molecule has 0 unspecified atom stereocenters. The van der Waals surface area contributed by atoms with Crippen LogP contribution in [0.4, 0.5) is 10.8 Å². The van der Waals surface area contributed by atoms with Gasteiger partial charge in [-0.25, -0.2) is 18.2 Å². The summed E-state index contributed by atoms with van der Waals surface area (Å²) in [6.45, 7) is 3.58. The Morgan fingerprint density at radius 3 is 2.57 bits per heavy atom. The molecule has 0 atom stereocenters. The lowest BCUT2D eigenvalue weighted by atomic mass is 10.2. The number of sulfonamides is 1. The molecule has 0 fully saturated rings. The lowest BCUT2D eigenvalue weighted by Gasteiger charge is -2.09. The van der Waals surface area contributed by atoms with Crippen LogP contribution in [0.1, 0.15) is 20.9 Å². The van der Waals surface area contributed by atoms with E-state index in [9.17, 15) is 13.2 Å². The third-order valence-electron chi connectivity index (χ3n) is 2.77. The SMILES string of the molecule is Cc1nc(NS(=O)(=O)c2ccc(N)cc2C(=O)O)sc1C. The van der Waals surface area contributed by atoms with Gasteiger partial charge in [0.25, 0.3) is 10.0 Å². The summed E-state index contributed by atoms with van der Waals surface area (Å²) in [4.78, 5) is 15.8. The van der Waals surface area contributed by atoms with Gasteiger partial charge in [-0.3, -0.25) is 4.72 Å². The van der Waals surface area contributed by atoms with Crippen molar-refractivity contribution in [3.05, 3.63) is 34.3 Å². The van der Waals surface area contributed by atoms with E-state index in [2.05, 4.69) is 9.71 Å². The minimum Gasteiger partial charge on any atom is -0.478 e. The van der Waals surface area contributed by atoms with Crippen molar-refractivity contribution >= 4 is 38.1 Å². The molecular formula is C12H13N3O4S2. The van der Waals surface area contributed by atoms with E-state index in [4.69, 9.17) is 10.8 Å². The van der Waals surface area contributed by atoms with Crippen LogP contribution in [0.3, 0.4) is 0 Å². The number of thiazole rings is 1. The number of nitrogen functional groups attached to an aromatic ring is 1. The molecule has 0 saturated carbocycles. The molecule has 1 heterocycles. The van der Waals surface area contributed by atoms with Crippen molar-refractivity contribution in [2.75, 3.05) is 10.5 Å². The summed E-state index contributed by atoms with van der Waals surface area (Å²) < 4.78 is 26.9. The van der Waals surface area contributed by atoms with Crippen molar-refractivity contribution in [2.24, 2.45) is 0 Å². The van der Waals surface area contributed by atoms with Crippen molar-refractivity contribution in [2.45, 2.75) is 18.7 Å². The van der Waals surface area contributed by atoms with Crippen molar-refractivity contribution < 1.29 is 18.3 Å². The van der Waals surface area contributed by atoms with Crippen LogP contribution in [0.2, 0.25) is 0 Å². The number of carboxylic acid groups (broad SMARTS) is 1. The molecule has 0 aliphatic rings. The van der Waals surface area contributed by atoms with Gasteiger partial charge in [0, 0.05) is 10.6 Å². The first-order valence-electron chi connectivity index (χ1n) is 5.80. The van der Waals surface area contributed by atoms with E-state index in [1.54, 1.807) is 6.92 Å². The number of nitrogens with two attached hydrogens (primary N) is 1. The molecule has 7 nitrogen and oxygen atoms in total. The zero-order chi connectivity index (χ0) is 15.8. The molecule has 1 aromatic heterocycles. The first-order chi connectivity index (χ1) is 9.70. The number of carboxylic acids is 1. The van der Waals surface area contributed by atoms with Crippen molar-refractivity contribution in [1.29, 1.82) is 0 Å². The monoisotopic (exact) mass is 327 g/mol. The molecule has 9 heteroatoms. The predicted molar refractivity (Wildman–Crippen MR) is 80.2 cm³/mol. The topological polar surface area (TPSA) is 122 Å². The quantitative estimate of drug-likeness (QED) is 0.736. The number of anilines is 2. The lowest BCUT2D eigenvalue weighted by molar-refractivity contribution is 0.0692. The van der Waals surface area contributed by atoms with E-state index >= 15 is 0 Å². The number of nitrogens with one attached hydrogen (secondary N) is 1. The van der Waals surface area contributed by atoms with Gasteiger partial charge in [0.15, 0.2) is 5.13 Å². The molecule has 0 saturated heterocycles. The van der Waals surface area contributed by atoms with Gasteiger partial charge in [-0.05, 0) is 32.0 Å². The zero-order valence-electron chi connectivity index (χ0n) is 11.2. The number of aromatic carboxylic acids is 1. The van der Waals surface area contributed by atoms with E-state index in [1.165, 1.54) is 17.4 Å². The van der Waals surface area contributed by atoms with Gasteiger partial charge in [-0.2, -0.15) is 0 Å². The van der Waals surface area contributed by atoms with Crippen LogP contribution in [-0.4, -0.2) is 24.5 Å². The third-order valence-corrected chi connectivity index (χ3v) is 5.29. The Morgan fingerprint density at radius 2 is 2.05 bits per heavy atom. The Bertz CT molecular complexity index is 792. The number of hydrogen-bond donors (Lipinski definition) is 3. The minimum atomic E-state index is -4.05. The first kappa shape index (κ1) is 15.3. The summed E-state index contributed by atoms with van der Waals surface area (Å²) in [6.07, 6.45) is 0. The highest BCUT2D eigenvalue weighted by Crippen LogP contribution is 2.26. The number of rotatable bonds is 4. The minimum absolute atomic E-state index is 0.173. The van der Waals surface area contributed by atoms with Gasteiger partial charge in [-0.1, -0.05) is 0 Å². The molecule has 0 radical (unpaired) electrons. The highest BCUT2D eigenvalue weighted by atomic mass is 32.2. The van der Waals surface area contributed by atoms with Crippen LogP contribution in [-0.2, 0) is 10.0 Å². The molecule has 2 rings (SSSR count). The summed E-state index contributed by atoms with van der Waals surface area (Å²) in [6, 6.07) is 3.60. The van der Waals surface area contributed by atoms with Gasteiger partial charge in [-0.15, -0.1) is 11.3 Å². The number of nitrogens with zero attached hydrogens (tertiary/aromatic N) is 1. The summed E-state index contributed by atoms with van der Waals surface area (Å²) in [5.41, 5.74) is 6.00. The third kappa shape index (κ3) is 3.14. The second kappa shape index (κ2) is 5.34. The Hall–Kier alpha value is -2.13. The van der Waals surface area contributed by atoms with Crippen LogP contribution in [0.15, 0.2) is 23.1 Å². The summed E-state index contributed by atoms with van der Waals surface area (Å²) in [5.74, 6) is -1.37. The van der Waals surface area contributed by atoms with Gasteiger partial charge in [0.1, 0.15) is 4.90 Å². The molecule has 2 aromatic rings. The Labute approximate surface area is 125 Å². The molecule has 0 bridgehead atoms. The van der Waals surface area contributed by atoms with Crippen LogP contribution in [0, 0.1) is 13.8 Å². The number of aryl methyl sites for hydroxylation is 2. The fraction of sp³-hybridized carbons (Fsp3) is 0.167. The highest BCUT2D eigenvalue weighted by Gasteiger charge is 2.23. The maximum absolute atomic E-state index is 12.3. The molecule has 1 aromatic carbocycles. The number of aromatic nitrogens is 1. The van der Waals surface area contributed by atoms with Gasteiger partial charge >= 0.3 is 5.97 Å². The van der Waals surface area contributed by atoms with E-state index in [0.29, 0.717) is 5.69 Å². The predicted octanol–water partition coefficient (Wildman–Crippen LogP) is 1.84. The molecular weight excluding hydrogens is 314 g/mol. The Balaban J connectivity index is 2.47. The normalized spacial score (nSPS) is 11.3. The summed E-state index contributed by atoms with van der Waals surface area (Å²) in [5, 5.41) is 9.30. The van der Waals surface area contributed by atoms with Crippen LogP contribution >= 0.6 is 11.3 Å². The van der Waals surface area contributed by atoms with Crippen molar-refractivity contribution in [3.63, 3.8) is 0 Å². The molecule has 0 spiro atoms. The molecule has 112 valence electrons. The lowest BCUT2D eigenvalue weighted by Crippen LogP contribution is -2.17. The van der Waals surface area contributed by atoms with Crippen LogP contribution < -0.4 is 10.5 Å². The number of carbonyl (C=O) groups is 1. The number of hydrogen-bond acceptors (Lipinski definition) is 6. The average Bonchev–Trinajstić information content (AvgIpc) is 2.66. The summed E-state index contributed by atoms with van der Waals surface area (Å²) >= 11 is 1.18. The van der Waals surface area contributed by atoms with E-state index in [1.807, 2.05) is 6.92 Å². The van der Waals surface area contributed by atoms with Gasteiger partial charge in [0.2, 0.25) is 0 Å². The van der Waals surface area contributed by atoms with Gasteiger partial charge < -0.3 is 10.8 Å². The maximum atomic E-state index is 12.3. The van der Waals surface area contributed by atoms with E-state index in [0.717, 1.165) is 17.0 Å². The zero-order valence-corrected chi connectivity index (χ0v) is 12.9. The van der Waals surface area contributed by atoms with Gasteiger partial charge in [0.05, 0.1) is 11.3 Å². The molecule has 0 aliphatic heterocycles. The Kier molecular flexibility index (Phi) is 3.88. The maximum Gasteiger partial charge on any atom is 0.337 e. The molecule has 0 aliphatic carbocycles. The van der Waals surface area contributed by atoms with E-state index < -0.39 is 16.0 Å². The largest absolute Gasteiger partial charge is 0.478 e. The second-order valence-corrected chi connectivity index (χ2v) is 7.18.